The summed E-state index contributed by atoms with van der Waals surface area (Å²) in [5.41, 5.74) is 0. The fourth-order valence-corrected chi connectivity index (χ4v) is 5.89. The van der Waals surface area contributed by atoms with Gasteiger partial charge in [0.05, 0.1) is 0 Å². The first-order valence-corrected chi connectivity index (χ1v) is 12.2. The first kappa shape index (κ1) is 21.0. The fourth-order valence-electron chi connectivity index (χ4n) is 1.19. The van der Waals surface area contributed by atoms with Crippen molar-refractivity contribution >= 4 is 70.2 Å². The summed E-state index contributed by atoms with van der Waals surface area (Å²) in [7, 11) is 0. The molecule has 0 amide bonds. The normalized spacial score (nSPS) is 14.5. The van der Waals surface area contributed by atoms with Gasteiger partial charge in [-0.05, 0) is 31.8 Å². The van der Waals surface area contributed by atoms with Crippen molar-refractivity contribution in [3.05, 3.63) is 0 Å². The minimum atomic E-state index is 0.311. The molecule has 0 fully saturated rings. The number of rotatable bonds is 14. The van der Waals surface area contributed by atoms with Gasteiger partial charge in [0.25, 0.3) is 0 Å². The molecular formula is C13H26Cl2S4. The van der Waals surface area contributed by atoms with Gasteiger partial charge in [0.1, 0.15) is 0 Å². The van der Waals surface area contributed by atoms with Crippen molar-refractivity contribution < 1.29 is 0 Å². The molecular weight excluding hydrogens is 355 g/mol. The van der Waals surface area contributed by atoms with Crippen molar-refractivity contribution in [3.8, 4) is 0 Å². The zero-order chi connectivity index (χ0) is 14.3. The van der Waals surface area contributed by atoms with Crippen molar-refractivity contribution in [2.24, 2.45) is 0 Å². The SMILES string of the molecule is CC(Cl)CSCCSCCCSCCSCC(C)Cl. The van der Waals surface area contributed by atoms with Crippen LogP contribution in [0.4, 0.5) is 0 Å². The first-order valence-electron chi connectivity index (χ1n) is 6.72. The Labute approximate surface area is 146 Å². The molecule has 116 valence electrons. The van der Waals surface area contributed by atoms with E-state index in [-0.39, 0.29) is 0 Å². The second-order valence-electron chi connectivity index (χ2n) is 4.29. The van der Waals surface area contributed by atoms with Gasteiger partial charge in [0, 0.05) is 45.3 Å². The van der Waals surface area contributed by atoms with Gasteiger partial charge in [-0.25, -0.2) is 0 Å². The molecule has 0 heterocycles. The van der Waals surface area contributed by atoms with E-state index in [1.54, 1.807) is 0 Å². The number of hydrogen-bond donors (Lipinski definition) is 0. The summed E-state index contributed by atoms with van der Waals surface area (Å²) >= 11 is 19.9. The van der Waals surface area contributed by atoms with E-state index in [4.69, 9.17) is 23.2 Å². The van der Waals surface area contributed by atoms with Crippen LogP contribution in [0.25, 0.3) is 0 Å². The van der Waals surface area contributed by atoms with Gasteiger partial charge in [-0.1, -0.05) is 0 Å². The maximum absolute atomic E-state index is 5.89. The molecule has 19 heavy (non-hydrogen) atoms. The summed E-state index contributed by atoms with van der Waals surface area (Å²) in [5, 5.41) is 0.622. The average molecular weight is 382 g/mol. The Kier molecular flexibility index (Phi) is 18.1. The predicted molar refractivity (Wildman–Crippen MR) is 105 cm³/mol. The zero-order valence-corrected chi connectivity index (χ0v) is 16.7. The van der Waals surface area contributed by atoms with Crippen molar-refractivity contribution in [3.63, 3.8) is 0 Å². The van der Waals surface area contributed by atoms with Gasteiger partial charge in [-0.3, -0.25) is 0 Å². The lowest BCUT2D eigenvalue weighted by Crippen LogP contribution is -1.98. The molecule has 0 rings (SSSR count). The second kappa shape index (κ2) is 16.4. The van der Waals surface area contributed by atoms with Crippen LogP contribution in [0.2, 0.25) is 0 Å². The molecule has 0 aliphatic carbocycles. The Bertz CT molecular complexity index is 162. The van der Waals surface area contributed by atoms with E-state index in [1.165, 1.54) is 40.9 Å². The molecule has 0 N–H and O–H groups in total. The van der Waals surface area contributed by atoms with Gasteiger partial charge in [-0.2, -0.15) is 47.0 Å². The molecule has 0 bridgehead atoms. The molecule has 0 aromatic rings. The lowest BCUT2D eigenvalue weighted by molar-refractivity contribution is 1.11. The Morgan fingerprint density at radius 1 is 0.632 bits per heavy atom. The lowest BCUT2D eigenvalue weighted by Gasteiger charge is -2.04. The summed E-state index contributed by atoms with van der Waals surface area (Å²) < 4.78 is 0. The predicted octanol–water partition coefficient (Wildman–Crippen LogP) is 5.56. The van der Waals surface area contributed by atoms with E-state index in [9.17, 15) is 0 Å². The summed E-state index contributed by atoms with van der Waals surface area (Å²) in [6.45, 7) is 4.12. The Morgan fingerprint density at radius 3 is 1.37 bits per heavy atom. The van der Waals surface area contributed by atoms with Gasteiger partial charge in [-0.15, -0.1) is 23.2 Å². The van der Waals surface area contributed by atoms with Gasteiger partial charge < -0.3 is 0 Å². The van der Waals surface area contributed by atoms with Crippen LogP contribution < -0.4 is 0 Å². The third-order valence-electron chi connectivity index (χ3n) is 2.02. The van der Waals surface area contributed by atoms with Crippen molar-refractivity contribution in [1.82, 2.24) is 0 Å². The van der Waals surface area contributed by atoms with E-state index >= 15 is 0 Å². The summed E-state index contributed by atoms with van der Waals surface area (Å²) in [5.74, 6) is 9.77. The van der Waals surface area contributed by atoms with Crippen LogP contribution in [-0.4, -0.2) is 56.8 Å². The Hall–Kier alpha value is 1.98. The lowest BCUT2D eigenvalue weighted by atomic mass is 10.6. The molecule has 0 aliphatic rings. The highest BCUT2D eigenvalue weighted by Gasteiger charge is 1.98. The highest BCUT2D eigenvalue weighted by atomic mass is 35.5. The number of halogens is 2. The maximum atomic E-state index is 5.89. The quantitative estimate of drug-likeness (QED) is 0.285. The van der Waals surface area contributed by atoms with Crippen LogP contribution in [0.1, 0.15) is 20.3 Å². The molecule has 0 saturated heterocycles. The van der Waals surface area contributed by atoms with Crippen molar-refractivity contribution in [2.75, 3.05) is 46.0 Å². The highest BCUT2D eigenvalue weighted by Crippen LogP contribution is 2.14. The van der Waals surface area contributed by atoms with Crippen LogP contribution in [0.15, 0.2) is 0 Å². The highest BCUT2D eigenvalue weighted by molar-refractivity contribution is 8.03. The molecule has 0 aromatic carbocycles. The first-order chi connectivity index (χ1) is 9.13. The zero-order valence-electron chi connectivity index (χ0n) is 11.9. The van der Waals surface area contributed by atoms with Gasteiger partial charge >= 0.3 is 0 Å². The van der Waals surface area contributed by atoms with Crippen molar-refractivity contribution in [1.29, 1.82) is 0 Å². The molecule has 0 saturated carbocycles. The van der Waals surface area contributed by atoms with E-state index in [0.29, 0.717) is 10.8 Å². The molecule has 0 spiro atoms. The molecule has 2 unspecified atom stereocenters. The largest absolute Gasteiger partial charge is 0.161 e. The molecule has 0 aromatic heterocycles. The topological polar surface area (TPSA) is 0 Å². The summed E-state index contributed by atoms with van der Waals surface area (Å²) in [6, 6.07) is 0. The maximum Gasteiger partial charge on any atom is 0.0398 e. The fraction of sp³-hybridized carbons (Fsp3) is 1.00. The third kappa shape index (κ3) is 20.0. The minimum absolute atomic E-state index is 0.311. The Morgan fingerprint density at radius 2 is 1.00 bits per heavy atom. The average Bonchev–Trinajstić information content (AvgIpc) is 2.34. The molecule has 2 atom stereocenters. The van der Waals surface area contributed by atoms with Crippen LogP contribution in [0, 0.1) is 0 Å². The van der Waals surface area contributed by atoms with Crippen molar-refractivity contribution in [2.45, 2.75) is 31.0 Å². The van der Waals surface area contributed by atoms with Crippen LogP contribution in [0.3, 0.4) is 0 Å². The monoisotopic (exact) mass is 380 g/mol. The smallest absolute Gasteiger partial charge is 0.0398 e. The van der Waals surface area contributed by atoms with Crippen LogP contribution in [0.5, 0.6) is 0 Å². The standard InChI is InChI=1S/C13H26Cl2S4/c1-12(14)10-18-8-6-16-4-3-5-17-7-9-19-11-13(2)15/h12-13H,3-11H2,1-2H3. The van der Waals surface area contributed by atoms with E-state index in [0.717, 1.165) is 11.5 Å². The molecule has 0 radical (unpaired) electrons. The van der Waals surface area contributed by atoms with Gasteiger partial charge in [0.2, 0.25) is 0 Å². The molecule has 0 aliphatic heterocycles. The number of alkyl halides is 2. The second-order valence-corrected chi connectivity index (χ2v) is 10.5. The number of thioether (sulfide) groups is 4. The molecule has 6 heteroatoms. The third-order valence-corrected chi connectivity index (χ3v) is 7.81. The van der Waals surface area contributed by atoms with E-state index in [2.05, 4.69) is 37.4 Å². The minimum Gasteiger partial charge on any atom is -0.161 e. The molecule has 0 nitrogen and oxygen atoms in total. The summed E-state index contributed by atoms with van der Waals surface area (Å²) in [4.78, 5) is 0. The van der Waals surface area contributed by atoms with Crippen LogP contribution in [-0.2, 0) is 0 Å². The van der Waals surface area contributed by atoms with E-state index < -0.39 is 0 Å². The van der Waals surface area contributed by atoms with Gasteiger partial charge in [0.15, 0.2) is 0 Å². The van der Waals surface area contributed by atoms with Crippen LogP contribution >= 0.6 is 70.2 Å². The van der Waals surface area contributed by atoms with E-state index in [1.807, 2.05) is 23.5 Å². The number of hydrogen-bond acceptors (Lipinski definition) is 4. The summed E-state index contributed by atoms with van der Waals surface area (Å²) in [6.07, 6.45) is 1.34. The Balaban J connectivity index is 2.95.